The summed E-state index contributed by atoms with van der Waals surface area (Å²) in [5.74, 6) is 0.364. The molecule has 20 heavy (non-hydrogen) atoms. The molecule has 0 bridgehead atoms. The van der Waals surface area contributed by atoms with Crippen molar-refractivity contribution in [2.75, 3.05) is 7.11 Å². The Hall–Kier alpha value is -1.80. The average molecular weight is 270 g/mol. The lowest BCUT2D eigenvalue weighted by Crippen LogP contribution is -2.12. The van der Waals surface area contributed by atoms with Crippen molar-refractivity contribution in [3.05, 3.63) is 53.6 Å². The van der Waals surface area contributed by atoms with Crippen molar-refractivity contribution in [1.29, 1.82) is 0 Å². The fraction of sp³-hybridized carbons (Fsp3) is 0.333. The zero-order chi connectivity index (χ0) is 14.8. The van der Waals surface area contributed by atoms with Gasteiger partial charge in [0.1, 0.15) is 5.75 Å². The van der Waals surface area contributed by atoms with Gasteiger partial charge in [0.25, 0.3) is 0 Å². The van der Waals surface area contributed by atoms with Gasteiger partial charge >= 0.3 is 0 Å². The Morgan fingerprint density at radius 2 is 1.70 bits per heavy atom. The Labute approximate surface area is 121 Å². The molecule has 2 aromatic rings. The van der Waals surface area contributed by atoms with Crippen LogP contribution < -0.4 is 0 Å². The number of phenolic OH excluding ortho intramolecular Hbond substituents is 1. The number of benzene rings is 2. The first-order valence-electron chi connectivity index (χ1n) is 6.84. The Morgan fingerprint density at radius 3 is 2.25 bits per heavy atom. The molecule has 0 amide bonds. The molecule has 0 saturated heterocycles. The molecule has 0 atom stereocenters. The zero-order valence-electron chi connectivity index (χ0n) is 12.6. The lowest BCUT2D eigenvalue weighted by atomic mass is 9.83. The molecule has 0 aliphatic heterocycles. The summed E-state index contributed by atoms with van der Waals surface area (Å²) >= 11 is 0. The second-order valence-corrected chi connectivity index (χ2v) is 6.09. The van der Waals surface area contributed by atoms with E-state index in [0.717, 1.165) is 22.3 Å². The minimum Gasteiger partial charge on any atom is -0.507 e. The number of ether oxygens (including phenoxy) is 1. The highest BCUT2D eigenvalue weighted by atomic mass is 16.5. The topological polar surface area (TPSA) is 29.5 Å². The molecule has 0 aromatic heterocycles. The molecule has 0 unspecified atom stereocenters. The third-order valence-corrected chi connectivity index (χ3v) is 3.37. The van der Waals surface area contributed by atoms with E-state index < -0.39 is 0 Å². The van der Waals surface area contributed by atoms with Crippen LogP contribution in [0.2, 0.25) is 0 Å². The molecule has 0 aliphatic rings. The van der Waals surface area contributed by atoms with Crippen LogP contribution in [0.3, 0.4) is 0 Å². The van der Waals surface area contributed by atoms with Crippen LogP contribution in [0.5, 0.6) is 5.75 Å². The van der Waals surface area contributed by atoms with Crippen LogP contribution in [0, 0.1) is 0 Å². The van der Waals surface area contributed by atoms with Crippen LogP contribution in [0.25, 0.3) is 11.1 Å². The minimum atomic E-state index is -0.114. The molecule has 1 N–H and O–H groups in total. The van der Waals surface area contributed by atoms with Crippen molar-refractivity contribution in [1.82, 2.24) is 0 Å². The van der Waals surface area contributed by atoms with Gasteiger partial charge in [-0.15, -0.1) is 0 Å². The normalized spacial score (nSPS) is 11.6. The van der Waals surface area contributed by atoms with Gasteiger partial charge in [0, 0.05) is 18.2 Å². The molecule has 0 fully saturated rings. The van der Waals surface area contributed by atoms with Crippen molar-refractivity contribution in [2.45, 2.75) is 32.8 Å². The number of hydrogen-bond donors (Lipinski definition) is 1. The summed E-state index contributed by atoms with van der Waals surface area (Å²) in [6.07, 6.45) is 0. The van der Waals surface area contributed by atoms with Crippen molar-refractivity contribution in [3.63, 3.8) is 0 Å². The standard InChI is InChI=1S/C18H22O2/c1-18(2,3)16-11-13(12-20-4)10-15(17(16)19)14-8-6-5-7-9-14/h5-11,19H,12H2,1-4H3. The molecule has 0 spiro atoms. The lowest BCUT2D eigenvalue weighted by molar-refractivity contribution is 0.184. The van der Waals surface area contributed by atoms with E-state index in [0.29, 0.717) is 12.4 Å². The Kier molecular flexibility index (Phi) is 4.15. The predicted octanol–water partition coefficient (Wildman–Crippen LogP) is 4.50. The third-order valence-electron chi connectivity index (χ3n) is 3.37. The highest BCUT2D eigenvalue weighted by Crippen LogP contribution is 2.39. The molecule has 2 rings (SSSR count). The van der Waals surface area contributed by atoms with Crippen LogP contribution in [0.1, 0.15) is 31.9 Å². The van der Waals surface area contributed by atoms with Crippen LogP contribution in [-0.2, 0) is 16.8 Å². The molecule has 0 aliphatic carbocycles. The van der Waals surface area contributed by atoms with Crippen LogP contribution in [0.15, 0.2) is 42.5 Å². The second kappa shape index (κ2) is 5.68. The Morgan fingerprint density at radius 1 is 1.05 bits per heavy atom. The van der Waals surface area contributed by atoms with E-state index in [4.69, 9.17) is 4.74 Å². The summed E-state index contributed by atoms with van der Waals surface area (Å²) in [5, 5.41) is 10.6. The van der Waals surface area contributed by atoms with Crippen LogP contribution >= 0.6 is 0 Å². The number of hydrogen-bond acceptors (Lipinski definition) is 2. The molecule has 2 nitrogen and oxygen atoms in total. The molecule has 0 radical (unpaired) electrons. The van der Waals surface area contributed by atoms with Gasteiger partial charge in [-0.3, -0.25) is 0 Å². The van der Waals surface area contributed by atoms with Crippen molar-refractivity contribution < 1.29 is 9.84 Å². The molecule has 106 valence electrons. The molecule has 0 heterocycles. The number of phenols is 1. The second-order valence-electron chi connectivity index (χ2n) is 6.09. The smallest absolute Gasteiger partial charge is 0.127 e. The summed E-state index contributed by atoms with van der Waals surface area (Å²) in [6.45, 7) is 6.86. The average Bonchev–Trinajstić information content (AvgIpc) is 2.40. The van der Waals surface area contributed by atoms with Crippen molar-refractivity contribution in [2.24, 2.45) is 0 Å². The Bertz CT molecular complexity index is 580. The number of rotatable bonds is 3. The SMILES string of the molecule is COCc1cc(-c2ccccc2)c(O)c(C(C)(C)C)c1. The first kappa shape index (κ1) is 14.6. The summed E-state index contributed by atoms with van der Waals surface area (Å²) in [5.41, 5.74) is 3.80. The van der Waals surface area contributed by atoms with Crippen molar-refractivity contribution in [3.8, 4) is 16.9 Å². The lowest BCUT2D eigenvalue weighted by Gasteiger charge is -2.23. The summed E-state index contributed by atoms with van der Waals surface area (Å²) in [4.78, 5) is 0. The highest BCUT2D eigenvalue weighted by molar-refractivity contribution is 5.73. The Balaban J connectivity index is 2.64. The number of methoxy groups -OCH3 is 1. The third kappa shape index (κ3) is 3.02. The highest BCUT2D eigenvalue weighted by Gasteiger charge is 2.21. The van der Waals surface area contributed by atoms with Gasteiger partial charge in [-0.2, -0.15) is 0 Å². The maximum Gasteiger partial charge on any atom is 0.127 e. The maximum absolute atomic E-state index is 10.6. The van der Waals surface area contributed by atoms with Gasteiger partial charge in [0.15, 0.2) is 0 Å². The number of aromatic hydroxyl groups is 1. The summed E-state index contributed by atoms with van der Waals surface area (Å²) in [6, 6.07) is 14.0. The fourth-order valence-corrected chi connectivity index (χ4v) is 2.35. The maximum atomic E-state index is 10.6. The fourth-order valence-electron chi connectivity index (χ4n) is 2.35. The van der Waals surface area contributed by atoms with Crippen LogP contribution in [0.4, 0.5) is 0 Å². The summed E-state index contributed by atoms with van der Waals surface area (Å²) < 4.78 is 5.24. The van der Waals surface area contributed by atoms with E-state index in [-0.39, 0.29) is 5.41 Å². The largest absolute Gasteiger partial charge is 0.507 e. The molecular formula is C18H22O2. The van der Waals surface area contributed by atoms with Crippen LogP contribution in [-0.4, -0.2) is 12.2 Å². The van der Waals surface area contributed by atoms with Gasteiger partial charge in [-0.1, -0.05) is 51.1 Å². The van der Waals surface area contributed by atoms with Crippen molar-refractivity contribution >= 4 is 0 Å². The van der Waals surface area contributed by atoms with E-state index in [9.17, 15) is 5.11 Å². The monoisotopic (exact) mass is 270 g/mol. The van der Waals surface area contributed by atoms with Gasteiger partial charge < -0.3 is 9.84 Å². The predicted molar refractivity (Wildman–Crippen MR) is 83.0 cm³/mol. The van der Waals surface area contributed by atoms with E-state index >= 15 is 0 Å². The first-order valence-corrected chi connectivity index (χ1v) is 6.84. The van der Waals surface area contributed by atoms with Gasteiger partial charge in [0.05, 0.1) is 6.61 Å². The van der Waals surface area contributed by atoms with E-state index in [2.05, 4.69) is 20.8 Å². The van der Waals surface area contributed by atoms with E-state index in [1.807, 2.05) is 42.5 Å². The molecule has 0 saturated carbocycles. The van der Waals surface area contributed by atoms with E-state index in [1.54, 1.807) is 7.11 Å². The quantitative estimate of drug-likeness (QED) is 0.889. The molecular weight excluding hydrogens is 248 g/mol. The molecule has 2 heteroatoms. The summed E-state index contributed by atoms with van der Waals surface area (Å²) in [7, 11) is 1.69. The van der Waals surface area contributed by atoms with Gasteiger partial charge in [0.2, 0.25) is 0 Å². The van der Waals surface area contributed by atoms with Gasteiger partial charge in [-0.05, 0) is 28.7 Å². The minimum absolute atomic E-state index is 0.114. The zero-order valence-corrected chi connectivity index (χ0v) is 12.6. The first-order chi connectivity index (χ1) is 9.43. The van der Waals surface area contributed by atoms with E-state index in [1.165, 1.54) is 0 Å². The van der Waals surface area contributed by atoms with Gasteiger partial charge in [-0.25, -0.2) is 0 Å². The molecule has 2 aromatic carbocycles.